The summed E-state index contributed by atoms with van der Waals surface area (Å²) in [5.74, 6) is -0.660. The van der Waals surface area contributed by atoms with Crippen LogP contribution in [0.4, 0.5) is 5.69 Å². The van der Waals surface area contributed by atoms with E-state index in [1.807, 2.05) is 6.92 Å². The minimum Gasteiger partial charge on any atom is -0.493 e. The molecule has 0 radical (unpaired) electrons. The normalized spacial score (nSPS) is 10.3. The van der Waals surface area contributed by atoms with Crippen molar-refractivity contribution in [3.05, 3.63) is 52.5 Å². The lowest BCUT2D eigenvalue weighted by Gasteiger charge is -2.14. The van der Waals surface area contributed by atoms with Gasteiger partial charge in [-0.15, -0.1) is 0 Å². The van der Waals surface area contributed by atoms with Crippen LogP contribution in [0.2, 0.25) is 5.02 Å². The van der Waals surface area contributed by atoms with Gasteiger partial charge in [0, 0.05) is 11.3 Å². The zero-order chi connectivity index (χ0) is 19.1. The molecule has 0 bridgehead atoms. The maximum Gasteiger partial charge on any atom is 0.307 e. The highest BCUT2D eigenvalue weighted by atomic mass is 35.5. The van der Waals surface area contributed by atoms with Gasteiger partial charge in [-0.05, 0) is 30.2 Å². The molecule has 6 nitrogen and oxygen atoms in total. The van der Waals surface area contributed by atoms with Crippen LogP contribution >= 0.6 is 11.6 Å². The van der Waals surface area contributed by atoms with Crippen molar-refractivity contribution in [2.75, 3.05) is 19.0 Å². The van der Waals surface area contributed by atoms with Crippen LogP contribution in [0.5, 0.6) is 11.5 Å². The molecular formula is C19H20ClNO5. The molecule has 2 N–H and O–H groups in total. The molecule has 0 heterocycles. The average molecular weight is 378 g/mol. The van der Waals surface area contributed by atoms with E-state index in [4.69, 9.17) is 26.2 Å². The van der Waals surface area contributed by atoms with Gasteiger partial charge in [0.1, 0.15) is 0 Å². The summed E-state index contributed by atoms with van der Waals surface area (Å²) in [7, 11) is 1.47. The van der Waals surface area contributed by atoms with Crippen LogP contribution in [0, 0.1) is 0 Å². The molecule has 0 saturated heterocycles. The highest BCUT2D eigenvalue weighted by molar-refractivity contribution is 6.32. The summed E-state index contributed by atoms with van der Waals surface area (Å²) in [6.07, 6.45) is 0.617. The first-order chi connectivity index (χ1) is 12.5. The summed E-state index contributed by atoms with van der Waals surface area (Å²) in [5.41, 5.74) is 1.22. The Kier molecular flexibility index (Phi) is 6.86. The number of methoxy groups -OCH3 is 1. The summed E-state index contributed by atoms with van der Waals surface area (Å²) in [4.78, 5) is 23.6. The summed E-state index contributed by atoms with van der Waals surface area (Å²) in [5, 5.41) is 12.0. The summed E-state index contributed by atoms with van der Waals surface area (Å²) >= 11 is 6.23. The van der Waals surface area contributed by atoms with E-state index in [2.05, 4.69) is 5.32 Å². The number of benzene rings is 2. The van der Waals surface area contributed by atoms with Crippen molar-refractivity contribution >= 4 is 29.2 Å². The fraction of sp³-hybridized carbons (Fsp3) is 0.263. The second-order valence-electron chi connectivity index (χ2n) is 5.52. The Labute approximate surface area is 156 Å². The van der Waals surface area contributed by atoms with Gasteiger partial charge in [-0.3, -0.25) is 9.59 Å². The van der Waals surface area contributed by atoms with Crippen LogP contribution < -0.4 is 14.8 Å². The molecule has 0 fully saturated rings. The molecule has 138 valence electrons. The quantitative estimate of drug-likeness (QED) is 0.725. The molecule has 2 aromatic carbocycles. The number of hydrogen-bond acceptors (Lipinski definition) is 4. The van der Waals surface area contributed by atoms with Crippen LogP contribution in [0.25, 0.3) is 0 Å². The molecule has 0 atom stereocenters. The van der Waals surface area contributed by atoms with Crippen molar-refractivity contribution in [3.63, 3.8) is 0 Å². The van der Waals surface area contributed by atoms with Crippen molar-refractivity contribution in [3.8, 4) is 11.5 Å². The average Bonchev–Trinajstić information content (AvgIpc) is 2.61. The van der Waals surface area contributed by atoms with Crippen LogP contribution in [0.1, 0.15) is 29.3 Å². The van der Waals surface area contributed by atoms with Crippen molar-refractivity contribution in [1.29, 1.82) is 0 Å². The topological polar surface area (TPSA) is 84.9 Å². The van der Waals surface area contributed by atoms with E-state index < -0.39 is 11.9 Å². The predicted molar refractivity (Wildman–Crippen MR) is 99.5 cm³/mol. The van der Waals surface area contributed by atoms with Gasteiger partial charge in [0.05, 0.1) is 25.2 Å². The van der Waals surface area contributed by atoms with Crippen LogP contribution in [0.15, 0.2) is 36.4 Å². The number of carbonyl (C=O) groups is 2. The number of amides is 1. The number of halogens is 1. The molecule has 0 aliphatic heterocycles. The zero-order valence-corrected chi connectivity index (χ0v) is 15.3. The first kappa shape index (κ1) is 19.6. The molecule has 0 aliphatic carbocycles. The minimum absolute atomic E-state index is 0.190. The van der Waals surface area contributed by atoms with Gasteiger partial charge < -0.3 is 19.9 Å². The molecule has 0 unspecified atom stereocenters. The standard InChI is InChI=1S/C19H20ClNO5/c1-3-8-26-18-14(20)9-13(10-16(18)25-2)19(24)21-15-7-5-4-6-12(15)11-17(22)23/h4-7,9-10H,3,8,11H2,1-2H3,(H,21,24)(H,22,23). The Morgan fingerprint density at radius 2 is 1.96 bits per heavy atom. The molecule has 0 aromatic heterocycles. The first-order valence-electron chi connectivity index (χ1n) is 8.07. The molecular weight excluding hydrogens is 358 g/mol. The van der Waals surface area contributed by atoms with Gasteiger partial charge >= 0.3 is 5.97 Å². The monoisotopic (exact) mass is 377 g/mol. The number of rotatable bonds is 8. The van der Waals surface area contributed by atoms with Gasteiger partial charge in [0.2, 0.25) is 0 Å². The van der Waals surface area contributed by atoms with Crippen molar-refractivity contribution in [2.24, 2.45) is 0 Å². The predicted octanol–water partition coefficient (Wildman–Crippen LogP) is 4.02. The number of carbonyl (C=O) groups excluding carboxylic acids is 1. The zero-order valence-electron chi connectivity index (χ0n) is 14.5. The Balaban J connectivity index is 2.28. The lowest BCUT2D eigenvalue weighted by Crippen LogP contribution is -2.15. The van der Waals surface area contributed by atoms with Crippen molar-refractivity contribution in [2.45, 2.75) is 19.8 Å². The van der Waals surface area contributed by atoms with Gasteiger partial charge in [-0.25, -0.2) is 0 Å². The van der Waals surface area contributed by atoms with Crippen molar-refractivity contribution in [1.82, 2.24) is 0 Å². The van der Waals surface area contributed by atoms with E-state index in [0.29, 0.717) is 29.4 Å². The third-order valence-corrected chi connectivity index (χ3v) is 3.83. The lowest BCUT2D eigenvalue weighted by atomic mass is 10.1. The van der Waals surface area contributed by atoms with E-state index >= 15 is 0 Å². The van der Waals surface area contributed by atoms with Crippen molar-refractivity contribution < 1.29 is 24.2 Å². The van der Waals surface area contributed by atoms with Gasteiger partial charge in [-0.2, -0.15) is 0 Å². The van der Waals surface area contributed by atoms with E-state index in [-0.39, 0.29) is 17.0 Å². The third kappa shape index (κ3) is 4.89. The van der Waals surface area contributed by atoms with Gasteiger partial charge in [0.25, 0.3) is 5.91 Å². The van der Waals surface area contributed by atoms with Gasteiger partial charge in [-0.1, -0.05) is 36.7 Å². The fourth-order valence-corrected chi connectivity index (χ4v) is 2.61. The second kappa shape index (κ2) is 9.10. The molecule has 2 rings (SSSR count). The number of para-hydroxylation sites is 1. The molecule has 7 heteroatoms. The number of ether oxygens (including phenoxy) is 2. The summed E-state index contributed by atoms with van der Waals surface area (Å²) in [6.45, 7) is 2.45. The molecule has 1 amide bonds. The largest absolute Gasteiger partial charge is 0.493 e. The molecule has 0 saturated carbocycles. The second-order valence-corrected chi connectivity index (χ2v) is 5.93. The maximum atomic E-state index is 12.6. The highest BCUT2D eigenvalue weighted by Gasteiger charge is 2.17. The fourth-order valence-electron chi connectivity index (χ4n) is 2.35. The van der Waals surface area contributed by atoms with E-state index in [1.165, 1.54) is 19.2 Å². The van der Waals surface area contributed by atoms with Crippen LogP contribution in [0.3, 0.4) is 0 Å². The number of nitrogens with one attached hydrogen (secondary N) is 1. The van der Waals surface area contributed by atoms with Crippen LogP contribution in [-0.4, -0.2) is 30.7 Å². The summed E-state index contributed by atoms with van der Waals surface area (Å²) in [6, 6.07) is 9.76. The maximum absolute atomic E-state index is 12.6. The Bertz CT molecular complexity index is 807. The Morgan fingerprint density at radius 3 is 2.62 bits per heavy atom. The highest BCUT2D eigenvalue weighted by Crippen LogP contribution is 2.36. The number of carboxylic acids is 1. The number of carboxylic acid groups (broad SMARTS) is 1. The minimum atomic E-state index is -0.978. The van der Waals surface area contributed by atoms with Crippen LogP contribution in [-0.2, 0) is 11.2 Å². The number of hydrogen-bond donors (Lipinski definition) is 2. The first-order valence-corrected chi connectivity index (χ1v) is 8.45. The molecule has 0 spiro atoms. The lowest BCUT2D eigenvalue weighted by molar-refractivity contribution is -0.136. The van der Waals surface area contributed by atoms with E-state index in [1.54, 1.807) is 24.3 Å². The molecule has 0 aliphatic rings. The summed E-state index contributed by atoms with van der Waals surface area (Å²) < 4.78 is 10.8. The number of anilines is 1. The Morgan fingerprint density at radius 1 is 1.23 bits per heavy atom. The third-order valence-electron chi connectivity index (χ3n) is 3.55. The Hall–Kier alpha value is -2.73. The van der Waals surface area contributed by atoms with E-state index in [9.17, 15) is 9.59 Å². The molecule has 2 aromatic rings. The smallest absolute Gasteiger partial charge is 0.307 e. The molecule has 26 heavy (non-hydrogen) atoms. The number of aliphatic carboxylic acids is 1. The SMILES string of the molecule is CCCOc1c(Cl)cc(C(=O)Nc2ccccc2CC(=O)O)cc1OC. The van der Waals surface area contributed by atoms with Gasteiger partial charge in [0.15, 0.2) is 11.5 Å². The van der Waals surface area contributed by atoms with E-state index in [0.717, 1.165) is 6.42 Å².